The van der Waals surface area contributed by atoms with Gasteiger partial charge in [-0.15, -0.1) is 0 Å². The van der Waals surface area contributed by atoms with Gasteiger partial charge in [0.25, 0.3) is 5.91 Å². The molecule has 0 spiro atoms. The van der Waals surface area contributed by atoms with Gasteiger partial charge in [0.15, 0.2) is 11.5 Å². The number of halogens is 2. The second-order valence-corrected chi connectivity index (χ2v) is 8.92. The van der Waals surface area contributed by atoms with Crippen molar-refractivity contribution in [2.75, 3.05) is 18.5 Å². The van der Waals surface area contributed by atoms with Crippen molar-refractivity contribution in [1.29, 1.82) is 0 Å². The molecule has 2 aromatic carbocycles. The maximum absolute atomic E-state index is 15.3. The number of carbonyl (C=O) groups is 3. The molecule has 38 heavy (non-hydrogen) atoms. The number of benzene rings is 2. The van der Waals surface area contributed by atoms with E-state index in [1.807, 2.05) is 0 Å². The number of aromatic nitrogens is 3. The number of hydrogen-bond acceptors (Lipinski definition) is 6. The highest BCUT2D eigenvalue weighted by atomic mass is 35.5. The van der Waals surface area contributed by atoms with E-state index in [1.165, 1.54) is 29.2 Å². The van der Waals surface area contributed by atoms with Crippen LogP contribution in [-0.4, -0.2) is 61.7 Å². The lowest BCUT2D eigenvalue weighted by molar-refractivity contribution is -0.138. The number of aliphatic hydroxyl groups excluding tert-OH is 1. The van der Waals surface area contributed by atoms with Crippen LogP contribution in [0.5, 0.6) is 0 Å². The molecule has 4 N–H and O–H groups in total. The summed E-state index contributed by atoms with van der Waals surface area (Å²) in [7, 11) is 0. The van der Waals surface area contributed by atoms with E-state index in [-0.39, 0.29) is 28.5 Å². The van der Waals surface area contributed by atoms with Crippen molar-refractivity contribution in [2.45, 2.75) is 19.5 Å². The summed E-state index contributed by atoms with van der Waals surface area (Å²) < 4.78 is 16.6. The van der Waals surface area contributed by atoms with E-state index in [4.69, 9.17) is 17.3 Å². The van der Waals surface area contributed by atoms with Gasteiger partial charge in [0.1, 0.15) is 13.1 Å². The summed E-state index contributed by atoms with van der Waals surface area (Å²) in [6.07, 6.45) is 2.86. The van der Waals surface area contributed by atoms with Gasteiger partial charge in [0, 0.05) is 28.9 Å². The van der Waals surface area contributed by atoms with E-state index in [0.29, 0.717) is 16.5 Å². The first-order valence-electron chi connectivity index (χ1n) is 11.5. The number of pyridine rings is 1. The lowest BCUT2D eigenvalue weighted by atomic mass is 10.1. The Morgan fingerprint density at radius 2 is 1.92 bits per heavy atom. The number of nitrogens with one attached hydrogen (secondary N) is 1. The smallest absolute Gasteiger partial charge is 0.269 e. The van der Waals surface area contributed by atoms with Crippen molar-refractivity contribution < 1.29 is 23.9 Å². The number of para-hydroxylation sites is 1. The predicted molar refractivity (Wildman–Crippen MR) is 140 cm³/mol. The Balaban J connectivity index is 1.55. The highest BCUT2D eigenvalue weighted by molar-refractivity contribution is 6.33. The summed E-state index contributed by atoms with van der Waals surface area (Å²) in [6.45, 7) is 0.349. The predicted octanol–water partition coefficient (Wildman–Crippen LogP) is 2.84. The number of anilines is 1. The molecular formula is C26H24ClFN6O4. The summed E-state index contributed by atoms with van der Waals surface area (Å²) >= 11 is 6.15. The minimum Gasteiger partial charge on any atom is -0.394 e. The van der Waals surface area contributed by atoms with Crippen LogP contribution in [0.25, 0.3) is 22.0 Å². The zero-order chi connectivity index (χ0) is 27.4. The van der Waals surface area contributed by atoms with Crippen molar-refractivity contribution in [1.82, 2.24) is 19.7 Å². The largest absolute Gasteiger partial charge is 0.394 e. The molecule has 0 bridgehead atoms. The van der Waals surface area contributed by atoms with Crippen LogP contribution in [0.3, 0.4) is 0 Å². The third kappa shape index (κ3) is 5.48. The van der Waals surface area contributed by atoms with Crippen LogP contribution >= 0.6 is 11.6 Å². The molecule has 0 radical (unpaired) electrons. The van der Waals surface area contributed by atoms with E-state index in [9.17, 15) is 19.5 Å². The van der Waals surface area contributed by atoms with E-state index in [1.54, 1.807) is 43.3 Å². The van der Waals surface area contributed by atoms with Crippen molar-refractivity contribution >= 4 is 45.9 Å². The Hall–Kier alpha value is -4.35. The number of carbonyl (C=O) groups excluding carboxylic acids is 3. The zero-order valence-electron chi connectivity index (χ0n) is 20.3. The number of nitrogens with two attached hydrogens (primary N) is 1. The first kappa shape index (κ1) is 26.7. The topological polar surface area (TPSA) is 143 Å². The molecule has 0 aliphatic carbocycles. The van der Waals surface area contributed by atoms with Gasteiger partial charge in [-0.2, -0.15) is 5.10 Å². The molecule has 4 aromatic rings. The molecule has 0 fully saturated rings. The van der Waals surface area contributed by atoms with Gasteiger partial charge in [-0.25, -0.2) is 4.39 Å². The second kappa shape index (κ2) is 11.4. The third-order valence-corrected chi connectivity index (χ3v) is 6.24. The third-order valence-electron chi connectivity index (χ3n) is 5.94. The SMILES string of the molecule is C[C@H](CO)N(CC(=O)Nc1cccc(-c2ccncc2Cl)c1F)C(=O)Cn1nc(C(N)=O)c2ccccc21. The molecule has 0 aliphatic heterocycles. The maximum Gasteiger partial charge on any atom is 0.269 e. The number of primary amides is 1. The number of aliphatic hydroxyl groups is 1. The lowest BCUT2D eigenvalue weighted by Gasteiger charge is -2.27. The van der Waals surface area contributed by atoms with Crippen LogP contribution in [0.4, 0.5) is 10.1 Å². The van der Waals surface area contributed by atoms with Crippen molar-refractivity contribution in [2.24, 2.45) is 5.73 Å². The summed E-state index contributed by atoms with van der Waals surface area (Å²) in [5.74, 6) is -2.68. The molecule has 1 atom stereocenters. The molecule has 2 aromatic heterocycles. The van der Waals surface area contributed by atoms with Crippen LogP contribution in [0, 0.1) is 5.82 Å². The summed E-state index contributed by atoms with van der Waals surface area (Å²) in [5, 5.41) is 17.1. The summed E-state index contributed by atoms with van der Waals surface area (Å²) in [5.41, 5.74) is 6.41. The Bertz CT molecular complexity index is 1520. The van der Waals surface area contributed by atoms with E-state index in [0.717, 1.165) is 4.90 Å². The number of rotatable bonds is 9. The first-order chi connectivity index (χ1) is 18.2. The van der Waals surface area contributed by atoms with Crippen molar-refractivity contribution in [3.63, 3.8) is 0 Å². The fourth-order valence-corrected chi connectivity index (χ4v) is 4.23. The van der Waals surface area contributed by atoms with Gasteiger partial charge in [-0.1, -0.05) is 41.9 Å². The highest BCUT2D eigenvalue weighted by Crippen LogP contribution is 2.32. The Kier molecular flexibility index (Phi) is 7.99. The van der Waals surface area contributed by atoms with Gasteiger partial charge in [-0.05, 0) is 25.1 Å². The maximum atomic E-state index is 15.3. The summed E-state index contributed by atoms with van der Waals surface area (Å²) in [4.78, 5) is 43.0. The minimum atomic E-state index is -0.746. The molecule has 3 amide bonds. The average molecular weight is 539 g/mol. The summed E-state index contributed by atoms with van der Waals surface area (Å²) in [6, 6.07) is 12.0. The molecule has 10 nitrogen and oxygen atoms in total. The molecular weight excluding hydrogens is 515 g/mol. The van der Waals surface area contributed by atoms with Gasteiger partial charge in [0.05, 0.1) is 28.9 Å². The first-order valence-corrected chi connectivity index (χ1v) is 11.9. The van der Waals surface area contributed by atoms with Gasteiger partial charge in [-0.3, -0.25) is 24.0 Å². The molecule has 12 heteroatoms. The molecule has 0 unspecified atom stereocenters. The fraction of sp³-hybridized carbons (Fsp3) is 0.192. The second-order valence-electron chi connectivity index (χ2n) is 8.51. The zero-order valence-corrected chi connectivity index (χ0v) is 21.0. The van der Waals surface area contributed by atoms with Crippen LogP contribution in [0.15, 0.2) is 60.9 Å². The van der Waals surface area contributed by atoms with Crippen LogP contribution in [-0.2, 0) is 16.1 Å². The number of amides is 3. The monoisotopic (exact) mass is 538 g/mol. The molecule has 0 aliphatic rings. The highest BCUT2D eigenvalue weighted by Gasteiger charge is 2.25. The van der Waals surface area contributed by atoms with Crippen molar-refractivity contribution in [3.8, 4) is 11.1 Å². The van der Waals surface area contributed by atoms with Gasteiger partial charge >= 0.3 is 0 Å². The average Bonchev–Trinajstić information content (AvgIpc) is 3.27. The Morgan fingerprint density at radius 3 is 2.63 bits per heavy atom. The minimum absolute atomic E-state index is 0.0116. The quantitative estimate of drug-likeness (QED) is 0.299. The van der Waals surface area contributed by atoms with Gasteiger partial charge < -0.3 is 21.1 Å². The molecule has 0 saturated heterocycles. The lowest BCUT2D eigenvalue weighted by Crippen LogP contribution is -2.46. The van der Waals surface area contributed by atoms with Crippen LogP contribution in [0.2, 0.25) is 5.02 Å². The molecule has 196 valence electrons. The van der Waals surface area contributed by atoms with E-state index < -0.39 is 42.7 Å². The molecule has 0 saturated carbocycles. The van der Waals surface area contributed by atoms with E-state index >= 15 is 4.39 Å². The Labute approximate surface area is 221 Å². The Morgan fingerprint density at radius 1 is 1.16 bits per heavy atom. The number of hydrogen-bond donors (Lipinski definition) is 3. The standard InChI is InChI=1S/C26H24ClFN6O4/c1-15(14-35)33(23(37)13-34-21-8-3-2-5-18(21)25(32-34)26(29)38)12-22(36)31-20-7-4-6-17(24(20)28)16-9-10-30-11-19(16)27/h2-11,15,35H,12-14H2,1H3,(H2,29,38)(H,31,36)/t15-/m1/s1. The normalized spacial score (nSPS) is 11.8. The molecule has 4 rings (SSSR count). The fourth-order valence-electron chi connectivity index (χ4n) is 4.01. The van der Waals surface area contributed by atoms with Crippen LogP contribution in [0.1, 0.15) is 17.4 Å². The van der Waals surface area contributed by atoms with E-state index in [2.05, 4.69) is 15.4 Å². The number of nitrogens with zero attached hydrogens (tertiary/aromatic N) is 4. The van der Waals surface area contributed by atoms with Gasteiger partial charge in [0.2, 0.25) is 11.8 Å². The van der Waals surface area contributed by atoms with Crippen LogP contribution < -0.4 is 11.1 Å². The van der Waals surface area contributed by atoms with Crippen molar-refractivity contribution in [3.05, 3.63) is 77.5 Å². The molecule has 2 heterocycles. The number of fused-ring (bicyclic) bond motifs is 1.